The van der Waals surface area contributed by atoms with Crippen molar-refractivity contribution in [3.63, 3.8) is 0 Å². The van der Waals surface area contributed by atoms with E-state index in [2.05, 4.69) is 80.3 Å². The summed E-state index contributed by atoms with van der Waals surface area (Å²) >= 11 is 0. The van der Waals surface area contributed by atoms with Crippen molar-refractivity contribution in [3.8, 4) is 0 Å². The number of hydrogen-bond acceptors (Lipinski definition) is 0. The predicted octanol–water partition coefficient (Wildman–Crippen LogP) is 5.59. The standard InChI is InChI=1S/C21H20/c1-16-7-5-11-20(15-16)17(2)8-6-10-19-14-13-18-9-3-4-12-21(18)19/h3-7,9-12,14-15H,2,8,13H2,1H3. The summed E-state index contributed by atoms with van der Waals surface area (Å²) < 4.78 is 0. The smallest absolute Gasteiger partial charge is 0.00821 e. The van der Waals surface area contributed by atoms with Gasteiger partial charge in [-0.1, -0.05) is 78.9 Å². The molecule has 0 bridgehead atoms. The van der Waals surface area contributed by atoms with E-state index in [9.17, 15) is 0 Å². The first kappa shape index (κ1) is 13.6. The second-order valence-corrected chi connectivity index (χ2v) is 5.60. The lowest BCUT2D eigenvalue weighted by Gasteiger charge is -2.04. The lowest BCUT2D eigenvalue weighted by Crippen LogP contribution is -1.83. The summed E-state index contributed by atoms with van der Waals surface area (Å²) in [4.78, 5) is 0. The van der Waals surface area contributed by atoms with E-state index >= 15 is 0 Å². The zero-order chi connectivity index (χ0) is 14.7. The summed E-state index contributed by atoms with van der Waals surface area (Å²) in [6, 6.07) is 17.2. The monoisotopic (exact) mass is 272 g/mol. The number of fused-ring (bicyclic) bond motifs is 1. The molecule has 21 heavy (non-hydrogen) atoms. The topological polar surface area (TPSA) is 0 Å². The third-order valence-electron chi connectivity index (χ3n) is 3.96. The van der Waals surface area contributed by atoms with Gasteiger partial charge in [-0.05, 0) is 47.6 Å². The number of rotatable bonds is 4. The van der Waals surface area contributed by atoms with Crippen molar-refractivity contribution < 1.29 is 0 Å². The largest absolute Gasteiger partial charge is 0.0949 e. The van der Waals surface area contributed by atoms with Crippen molar-refractivity contribution in [3.05, 3.63) is 95.6 Å². The van der Waals surface area contributed by atoms with Gasteiger partial charge in [0.05, 0.1) is 0 Å². The molecule has 0 heterocycles. The second-order valence-electron chi connectivity index (χ2n) is 5.60. The van der Waals surface area contributed by atoms with Gasteiger partial charge in [-0.15, -0.1) is 0 Å². The van der Waals surface area contributed by atoms with Crippen molar-refractivity contribution in [2.45, 2.75) is 19.8 Å². The van der Waals surface area contributed by atoms with E-state index in [1.807, 2.05) is 0 Å². The van der Waals surface area contributed by atoms with Crippen molar-refractivity contribution >= 4 is 11.1 Å². The summed E-state index contributed by atoms with van der Waals surface area (Å²) in [6.07, 6.45) is 8.69. The summed E-state index contributed by atoms with van der Waals surface area (Å²) in [5.74, 6) is 0. The Morgan fingerprint density at radius 1 is 1.14 bits per heavy atom. The van der Waals surface area contributed by atoms with Crippen LogP contribution in [0.25, 0.3) is 11.1 Å². The maximum atomic E-state index is 4.20. The third-order valence-corrected chi connectivity index (χ3v) is 3.96. The lowest BCUT2D eigenvalue weighted by molar-refractivity contribution is 1.31. The third kappa shape index (κ3) is 3.05. The van der Waals surface area contributed by atoms with Gasteiger partial charge in [0.1, 0.15) is 0 Å². The molecule has 0 unspecified atom stereocenters. The molecule has 2 aromatic rings. The molecule has 0 amide bonds. The molecule has 0 aliphatic heterocycles. The molecule has 0 nitrogen and oxygen atoms in total. The molecule has 1 aliphatic rings. The van der Waals surface area contributed by atoms with Crippen LogP contribution in [0.1, 0.15) is 28.7 Å². The minimum Gasteiger partial charge on any atom is -0.0949 e. The van der Waals surface area contributed by atoms with Gasteiger partial charge in [-0.3, -0.25) is 0 Å². The minimum absolute atomic E-state index is 0.892. The van der Waals surface area contributed by atoms with Crippen LogP contribution < -0.4 is 0 Å². The highest BCUT2D eigenvalue weighted by molar-refractivity contribution is 5.80. The Hall–Kier alpha value is -2.34. The van der Waals surface area contributed by atoms with E-state index in [0.29, 0.717) is 0 Å². The molecular weight excluding hydrogens is 252 g/mol. The van der Waals surface area contributed by atoms with Crippen molar-refractivity contribution in [1.82, 2.24) is 0 Å². The van der Waals surface area contributed by atoms with Crippen LogP contribution in [0.5, 0.6) is 0 Å². The fourth-order valence-corrected chi connectivity index (χ4v) is 2.78. The van der Waals surface area contributed by atoms with E-state index in [0.717, 1.165) is 12.8 Å². The zero-order valence-electron chi connectivity index (χ0n) is 12.5. The molecule has 0 spiro atoms. The number of hydrogen-bond donors (Lipinski definition) is 0. The fraction of sp³-hybridized carbons (Fsp3) is 0.143. The Kier molecular flexibility index (Phi) is 3.87. The summed E-state index contributed by atoms with van der Waals surface area (Å²) in [5.41, 5.74) is 7.82. The highest BCUT2D eigenvalue weighted by Gasteiger charge is 2.10. The molecule has 0 heteroatoms. The molecular formula is C21H20. The molecule has 104 valence electrons. The zero-order valence-corrected chi connectivity index (χ0v) is 12.5. The minimum atomic E-state index is 0.892. The van der Waals surface area contributed by atoms with Crippen LogP contribution in [0.3, 0.4) is 0 Å². The van der Waals surface area contributed by atoms with Gasteiger partial charge >= 0.3 is 0 Å². The molecule has 1 aliphatic carbocycles. The molecule has 2 aromatic carbocycles. The molecule has 0 fully saturated rings. The van der Waals surface area contributed by atoms with Crippen LogP contribution in [0.4, 0.5) is 0 Å². The van der Waals surface area contributed by atoms with Gasteiger partial charge in [-0.25, -0.2) is 0 Å². The SMILES string of the molecule is C=C(CC=CC1=CCc2ccccc21)c1cccc(C)c1. The maximum Gasteiger partial charge on any atom is -0.00821 e. The van der Waals surface area contributed by atoms with Gasteiger partial charge in [0, 0.05) is 0 Å². The summed E-state index contributed by atoms with van der Waals surface area (Å²) in [6.45, 7) is 6.32. The van der Waals surface area contributed by atoms with Crippen molar-refractivity contribution in [2.75, 3.05) is 0 Å². The summed E-state index contributed by atoms with van der Waals surface area (Å²) in [5, 5.41) is 0. The van der Waals surface area contributed by atoms with Crippen LogP contribution >= 0.6 is 0 Å². The van der Waals surface area contributed by atoms with E-state index in [4.69, 9.17) is 0 Å². The number of aryl methyl sites for hydroxylation is 1. The van der Waals surface area contributed by atoms with Crippen LogP contribution in [0.15, 0.2) is 73.3 Å². The van der Waals surface area contributed by atoms with Gasteiger partial charge in [0.2, 0.25) is 0 Å². The molecule has 3 rings (SSSR count). The van der Waals surface area contributed by atoms with Gasteiger partial charge in [0.15, 0.2) is 0 Å². The second kappa shape index (κ2) is 5.97. The average molecular weight is 272 g/mol. The van der Waals surface area contributed by atoms with Gasteiger partial charge in [-0.2, -0.15) is 0 Å². The predicted molar refractivity (Wildman–Crippen MR) is 92.1 cm³/mol. The molecule has 0 saturated heterocycles. The van der Waals surface area contributed by atoms with Crippen molar-refractivity contribution in [2.24, 2.45) is 0 Å². The first-order valence-electron chi connectivity index (χ1n) is 7.44. The molecule has 0 N–H and O–H groups in total. The Bertz CT molecular complexity index is 729. The fourth-order valence-electron chi connectivity index (χ4n) is 2.78. The van der Waals surface area contributed by atoms with Crippen LogP contribution in [-0.4, -0.2) is 0 Å². The number of allylic oxidation sites excluding steroid dienone is 5. The molecule has 0 atom stereocenters. The van der Waals surface area contributed by atoms with Crippen molar-refractivity contribution in [1.29, 1.82) is 0 Å². The first-order chi connectivity index (χ1) is 10.2. The Morgan fingerprint density at radius 2 is 2.00 bits per heavy atom. The number of benzene rings is 2. The molecule has 0 aromatic heterocycles. The summed E-state index contributed by atoms with van der Waals surface area (Å²) in [7, 11) is 0. The lowest BCUT2D eigenvalue weighted by atomic mass is 10.0. The highest BCUT2D eigenvalue weighted by Crippen LogP contribution is 2.28. The van der Waals surface area contributed by atoms with Crippen LogP contribution in [-0.2, 0) is 6.42 Å². The van der Waals surface area contributed by atoms with E-state index < -0.39 is 0 Å². The molecule has 0 saturated carbocycles. The van der Waals surface area contributed by atoms with Gasteiger partial charge < -0.3 is 0 Å². The van der Waals surface area contributed by atoms with Crippen LogP contribution in [0.2, 0.25) is 0 Å². The first-order valence-corrected chi connectivity index (χ1v) is 7.44. The Morgan fingerprint density at radius 3 is 2.86 bits per heavy atom. The average Bonchev–Trinajstić information content (AvgIpc) is 2.91. The van der Waals surface area contributed by atoms with E-state index in [-0.39, 0.29) is 0 Å². The van der Waals surface area contributed by atoms with E-state index in [1.165, 1.54) is 33.4 Å². The van der Waals surface area contributed by atoms with E-state index in [1.54, 1.807) is 0 Å². The molecule has 0 radical (unpaired) electrons. The Balaban J connectivity index is 1.67. The van der Waals surface area contributed by atoms with Gasteiger partial charge in [0.25, 0.3) is 0 Å². The van der Waals surface area contributed by atoms with Crippen LogP contribution in [0, 0.1) is 6.92 Å². The highest BCUT2D eigenvalue weighted by atomic mass is 14.1. The quantitative estimate of drug-likeness (QED) is 0.680. The maximum absolute atomic E-state index is 4.20. The normalized spacial score (nSPS) is 13.3. The Labute approximate surface area is 127 Å².